The predicted octanol–water partition coefficient (Wildman–Crippen LogP) is 1.63. The van der Waals surface area contributed by atoms with Crippen LogP contribution in [0.15, 0.2) is 0 Å². The molecule has 1 unspecified atom stereocenters. The number of hydrogen-bond donors (Lipinski definition) is 2. The van der Waals surface area contributed by atoms with Crippen molar-refractivity contribution in [2.24, 2.45) is 0 Å². The van der Waals surface area contributed by atoms with Crippen molar-refractivity contribution in [3.63, 3.8) is 0 Å². The molecule has 0 aliphatic rings. The Morgan fingerprint density at radius 1 is 1.55 bits per heavy atom. The Kier molecular flexibility index (Phi) is 4.16. The van der Waals surface area contributed by atoms with Gasteiger partial charge in [-0.2, -0.15) is 0 Å². The first kappa shape index (κ1) is 11.5. The van der Waals surface area contributed by atoms with Gasteiger partial charge in [-0.25, -0.2) is 5.09 Å². The summed E-state index contributed by atoms with van der Waals surface area (Å²) < 4.78 is 4.98. The minimum absolute atomic E-state index is 0.195. The summed E-state index contributed by atoms with van der Waals surface area (Å²) in [6, 6.07) is 0. The fourth-order valence-electron chi connectivity index (χ4n) is 0.631. The van der Waals surface area contributed by atoms with Crippen LogP contribution in [0.2, 0.25) is 0 Å². The summed E-state index contributed by atoms with van der Waals surface area (Å²) in [4.78, 5) is 9.44. The molecule has 0 aromatic heterocycles. The SMILES string of the molecule is CCOP(O)(=S)NC(C)(C)C. The van der Waals surface area contributed by atoms with E-state index in [1.807, 2.05) is 27.7 Å². The van der Waals surface area contributed by atoms with Gasteiger partial charge in [0.2, 0.25) is 0 Å². The lowest BCUT2D eigenvalue weighted by Crippen LogP contribution is -2.33. The van der Waals surface area contributed by atoms with Crippen LogP contribution >= 0.6 is 6.64 Å². The molecule has 0 aromatic rings. The minimum atomic E-state index is -2.73. The number of rotatable bonds is 3. The summed E-state index contributed by atoms with van der Waals surface area (Å²) >= 11 is 4.82. The van der Waals surface area contributed by atoms with Crippen molar-refractivity contribution in [1.29, 1.82) is 0 Å². The lowest BCUT2D eigenvalue weighted by Gasteiger charge is -2.26. The Morgan fingerprint density at radius 2 is 2.00 bits per heavy atom. The van der Waals surface area contributed by atoms with E-state index in [9.17, 15) is 4.89 Å². The van der Waals surface area contributed by atoms with Crippen molar-refractivity contribution in [2.45, 2.75) is 33.2 Å². The molecule has 11 heavy (non-hydrogen) atoms. The van der Waals surface area contributed by atoms with Crippen molar-refractivity contribution < 1.29 is 9.42 Å². The fraction of sp³-hybridized carbons (Fsp3) is 1.00. The van der Waals surface area contributed by atoms with Crippen LogP contribution in [-0.4, -0.2) is 17.0 Å². The van der Waals surface area contributed by atoms with Crippen LogP contribution in [0.5, 0.6) is 0 Å². The van der Waals surface area contributed by atoms with Gasteiger partial charge in [-0.3, -0.25) is 0 Å². The molecule has 1 atom stereocenters. The highest BCUT2D eigenvalue weighted by molar-refractivity contribution is 8.08. The largest absolute Gasteiger partial charge is 0.334 e. The van der Waals surface area contributed by atoms with Gasteiger partial charge in [-0.05, 0) is 39.5 Å². The summed E-state index contributed by atoms with van der Waals surface area (Å²) in [5.41, 5.74) is -0.195. The molecule has 0 heterocycles. The molecule has 3 nitrogen and oxygen atoms in total. The molecule has 0 saturated heterocycles. The van der Waals surface area contributed by atoms with Gasteiger partial charge in [0.1, 0.15) is 0 Å². The van der Waals surface area contributed by atoms with E-state index < -0.39 is 6.64 Å². The van der Waals surface area contributed by atoms with Crippen molar-refractivity contribution in [3.05, 3.63) is 0 Å². The van der Waals surface area contributed by atoms with Crippen molar-refractivity contribution >= 4 is 18.4 Å². The van der Waals surface area contributed by atoms with Gasteiger partial charge < -0.3 is 9.42 Å². The molecule has 0 saturated carbocycles. The van der Waals surface area contributed by atoms with E-state index in [-0.39, 0.29) is 5.54 Å². The summed E-state index contributed by atoms with van der Waals surface area (Å²) in [7, 11) is 0. The van der Waals surface area contributed by atoms with Crippen LogP contribution in [0.25, 0.3) is 0 Å². The molecule has 0 amide bonds. The third-order valence-electron chi connectivity index (χ3n) is 0.781. The van der Waals surface area contributed by atoms with Crippen LogP contribution in [0.1, 0.15) is 27.7 Å². The standard InChI is InChI=1S/C6H16NO2PS/c1-5-9-10(8,11)7-6(2,3)4/h5H2,1-4H3,(H2,7,8,11). The Hall–Kier alpha value is 0.530. The van der Waals surface area contributed by atoms with Crippen LogP contribution in [-0.2, 0) is 16.3 Å². The zero-order chi connectivity index (χ0) is 9.12. The van der Waals surface area contributed by atoms with E-state index in [1.165, 1.54) is 0 Å². The highest BCUT2D eigenvalue weighted by Gasteiger charge is 2.20. The Bertz CT molecular complexity index is 166. The van der Waals surface area contributed by atoms with Crippen LogP contribution in [0, 0.1) is 0 Å². The molecule has 0 bridgehead atoms. The normalized spacial score (nSPS) is 17.9. The molecule has 0 radical (unpaired) electrons. The smallest absolute Gasteiger partial charge is 0.259 e. The first-order chi connectivity index (χ1) is 4.77. The van der Waals surface area contributed by atoms with E-state index in [4.69, 9.17) is 16.3 Å². The maximum atomic E-state index is 9.44. The summed E-state index contributed by atoms with van der Waals surface area (Å²) in [5, 5.41) is 2.86. The molecule has 0 fully saturated rings. The second-order valence-corrected chi connectivity index (χ2v) is 6.31. The van der Waals surface area contributed by atoms with E-state index in [0.717, 1.165) is 0 Å². The molecule has 0 spiro atoms. The highest BCUT2D eigenvalue weighted by Crippen LogP contribution is 2.39. The minimum Gasteiger partial charge on any atom is -0.334 e. The van der Waals surface area contributed by atoms with Gasteiger partial charge in [0, 0.05) is 5.54 Å². The first-order valence-electron chi connectivity index (χ1n) is 3.53. The summed E-state index contributed by atoms with van der Waals surface area (Å²) in [6.45, 7) is 5.32. The topological polar surface area (TPSA) is 41.5 Å². The molecule has 5 heteroatoms. The number of nitrogens with one attached hydrogen (secondary N) is 1. The lowest BCUT2D eigenvalue weighted by atomic mass is 10.1. The van der Waals surface area contributed by atoms with Crippen molar-refractivity contribution in [3.8, 4) is 0 Å². The second kappa shape index (κ2) is 3.97. The van der Waals surface area contributed by atoms with Gasteiger partial charge in [-0.1, -0.05) is 0 Å². The quantitative estimate of drug-likeness (QED) is 0.675. The molecular formula is C6H16NO2PS. The molecule has 0 aliphatic heterocycles. The third-order valence-corrected chi connectivity index (χ3v) is 2.93. The van der Waals surface area contributed by atoms with Crippen LogP contribution in [0.4, 0.5) is 0 Å². The Labute approximate surface area is 73.4 Å². The molecule has 0 aromatic carbocycles. The zero-order valence-corrected chi connectivity index (χ0v) is 9.13. The third kappa shape index (κ3) is 6.91. The van der Waals surface area contributed by atoms with E-state index in [0.29, 0.717) is 6.61 Å². The average molecular weight is 197 g/mol. The predicted molar refractivity (Wildman–Crippen MR) is 51.0 cm³/mol. The first-order valence-corrected chi connectivity index (χ1v) is 6.21. The fourth-order valence-corrected chi connectivity index (χ4v) is 3.03. The van der Waals surface area contributed by atoms with E-state index in [2.05, 4.69) is 5.09 Å². The van der Waals surface area contributed by atoms with Gasteiger partial charge in [-0.15, -0.1) is 0 Å². The molecule has 2 N–H and O–H groups in total. The molecule has 0 aliphatic carbocycles. The lowest BCUT2D eigenvalue weighted by molar-refractivity contribution is 0.304. The Balaban J connectivity index is 4.03. The summed E-state index contributed by atoms with van der Waals surface area (Å²) in [6.07, 6.45) is 0. The maximum Gasteiger partial charge on any atom is 0.259 e. The Morgan fingerprint density at radius 3 is 2.27 bits per heavy atom. The molecule has 0 rings (SSSR count). The van der Waals surface area contributed by atoms with E-state index in [1.54, 1.807) is 0 Å². The number of hydrogen-bond acceptors (Lipinski definition) is 2. The zero-order valence-electron chi connectivity index (χ0n) is 7.42. The van der Waals surface area contributed by atoms with Gasteiger partial charge >= 0.3 is 0 Å². The highest BCUT2D eigenvalue weighted by atomic mass is 32.5. The second-order valence-electron chi connectivity index (χ2n) is 3.30. The van der Waals surface area contributed by atoms with Crippen molar-refractivity contribution in [1.82, 2.24) is 5.09 Å². The van der Waals surface area contributed by atoms with E-state index >= 15 is 0 Å². The van der Waals surface area contributed by atoms with Gasteiger partial charge in [0.05, 0.1) is 6.61 Å². The van der Waals surface area contributed by atoms with Crippen molar-refractivity contribution in [2.75, 3.05) is 6.61 Å². The van der Waals surface area contributed by atoms with Gasteiger partial charge in [0.25, 0.3) is 6.64 Å². The summed E-state index contributed by atoms with van der Waals surface area (Å²) in [5.74, 6) is 0. The monoisotopic (exact) mass is 197 g/mol. The molecular weight excluding hydrogens is 181 g/mol. The maximum absolute atomic E-state index is 9.44. The molecule has 68 valence electrons. The van der Waals surface area contributed by atoms with Gasteiger partial charge in [0.15, 0.2) is 0 Å². The average Bonchev–Trinajstić information content (AvgIpc) is 1.55. The van der Waals surface area contributed by atoms with Crippen LogP contribution in [0.3, 0.4) is 0 Å². The van der Waals surface area contributed by atoms with Crippen LogP contribution < -0.4 is 5.09 Å².